The van der Waals surface area contributed by atoms with Gasteiger partial charge in [-0.3, -0.25) is 14.9 Å². The summed E-state index contributed by atoms with van der Waals surface area (Å²) >= 11 is 0. The van der Waals surface area contributed by atoms with Crippen molar-refractivity contribution in [2.45, 2.75) is 13.3 Å². The highest BCUT2D eigenvalue weighted by atomic mass is 16.6. The van der Waals surface area contributed by atoms with Crippen LogP contribution >= 0.6 is 0 Å². The number of benzene rings is 3. The maximum absolute atomic E-state index is 12.3. The lowest BCUT2D eigenvalue weighted by Gasteiger charge is -2.07. The van der Waals surface area contributed by atoms with Crippen molar-refractivity contribution in [3.8, 4) is 17.2 Å². The largest absolute Gasteiger partial charge is 0.494 e. The van der Waals surface area contributed by atoms with Gasteiger partial charge in [0.2, 0.25) is 0 Å². The van der Waals surface area contributed by atoms with Crippen molar-refractivity contribution in [3.63, 3.8) is 0 Å². The van der Waals surface area contributed by atoms with Gasteiger partial charge in [-0.2, -0.15) is 5.10 Å². The predicted molar refractivity (Wildman–Crippen MR) is 128 cm³/mol. The highest BCUT2D eigenvalue weighted by Crippen LogP contribution is 2.25. The third-order valence-corrected chi connectivity index (χ3v) is 4.48. The third kappa shape index (κ3) is 7.67. The van der Waals surface area contributed by atoms with Crippen LogP contribution in [0.15, 0.2) is 77.9 Å². The van der Waals surface area contributed by atoms with Gasteiger partial charge in [0, 0.05) is 6.07 Å². The molecule has 0 aromatic heterocycles. The molecule has 1 N–H and O–H groups in total. The number of para-hydroxylation sites is 2. The molecule has 0 aliphatic rings. The molecular weight excluding hydrogens is 454 g/mol. The molecule has 3 aromatic rings. The Bertz CT molecular complexity index is 1190. The number of nitro groups is 1. The van der Waals surface area contributed by atoms with E-state index in [4.69, 9.17) is 14.2 Å². The zero-order valence-electron chi connectivity index (χ0n) is 18.9. The summed E-state index contributed by atoms with van der Waals surface area (Å²) in [5.41, 5.74) is 3.08. The van der Waals surface area contributed by atoms with Gasteiger partial charge in [-0.25, -0.2) is 10.2 Å². The normalized spacial score (nSPS) is 10.5. The SMILES string of the molecule is CCCOc1ccc(C(=O)Oc2ccc(/C=N\NC(=O)COc3ccccc3[N+](=O)[O-])cc2)cc1. The molecule has 0 aliphatic carbocycles. The number of carbonyl (C=O) groups is 2. The van der Waals surface area contributed by atoms with Crippen molar-refractivity contribution in [3.05, 3.63) is 94.0 Å². The first kappa shape index (κ1) is 24.9. The number of amides is 1. The van der Waals surface area contributed by atoms with E-state index in [1.807, 2.05) is 6.92 Å². The second-order valence-electron chi connectivity index (χ2n) is 7.14. The Hall–Kier alpha value is -4.73. The first-order chi connectivity index (χ1) is 17.0. The molecule has 10 nitrogen and oxygen atoms in total. The first-order valence-corrected chi connectivity index (χ1v) is 10.7. The molecule has 0 aliphatic heterocycles. The van der Waals surface area contributed by atoms with E-state index in [0.29, 0.717) is 29.2 Å². The molecule has 180 valence electrons. The van der Waals surface area contributed by atoms with E-state index in [1.54, 1.807) is 54.6 Å². The van der Waals surface area contributed by atoms with Gasteiger partial charge < -0.3 is 14.2 Å². The Kier molecular flexibility index (Phi) is 8.89. The fourth-order valence-electron chi connectivity index (χ4n) is 2.78. The zero-order valence-corrected chi connectivity index (χ0v) is 18.9. The van der Waals surface area contributed by atoms with Gasteiger partial charge in [-0.05, 0) is 66.6 Å². The topological polar surface area (TPSA) is 129 Å². The third-order valence-electron chi connectivity index (χ3n) is 4.48. The van der Waals surface area contributed by atoms with Crippen LogP contribution in [0.1, 0.15) is 29.3 Å². The van der Waals surface area contributed by atoms with Gasteiger partial charge >= 0.3 is 11.7 Å². The molecule has 0 unspecified atom stereocenters. The quantitative estimate of drug-likeness (QED) is 0.144. The van der Waals surface area contributed by atoms with Crippen molar-refractivity contribution in [1.29, 1.82) is 0 Å². The van der Waals surface area contributed by atoms with Crippen LogP contribution in [0.25, 0.3) is 0 Å². The van der Waals surface area contributed by atoms with Gasteiger partial charge in [0.05, 0.1) is 23.3 Å². The molecule has 0 atom stereocenters. The van der Waals surface area contributed by atoms with E-state index in [1.165, 1.54) is 24.4 Å². The number of ether oxygens (including phenoxy) is 3. The van der Waals surface area contributed by atoms with E-state index in [9.17, 15) is 19.7 Å². The lowest BCUT2D eigenvalue weighted by molar-refractivity contribution is -0.385. The molecule has 10 heteroatoms. The average Bonchev–Trinajstić information content (AvgIpc) is 2.87. The molecule has 0 bridgehead atoms. The highest BCUT2D eigenvalue weighted by Gasteiger charge is 2.14. The monoisotopic (exact) mass is 477 g/mol. The second-order valence-corrected chi connectivity index (χ2v) is 7.14. The Balaban J connectivity index is 1.46. The Morgan fingerprint density at radius 3 is 2.34 bits per heavy atom. The van der Waals surface area contributed by atoms with Gasteiger partial charge in [0.15, 0.2) is 12.4 Å². The van der Waals surface area contributed by atoms with Crippen molar-refractivity contribution in [2.75, 3.05) is 13.2 Å². The fraction of sp³-hybridized carbons (Fsp3) is 0.160. The van der Waals surface area contributed by atoms with Gasteiger partial charge in [-0.15, -0.1) is 0 Å². The van der Waals surface area contributed by atoms with Crippen LogP contribution in [0.5, 0.6) is 17.2 Å². The van der Waals surface area contributed by atoms with Crippen LogP contribution in [-0.2, 0) is 4.79 Å². The van der Waals surface area contributed by atoms with Gasteiger partial charge in [0.1, 0.15) is 11.5 Å². The van der Waals surface area contributed by atoms with Crippen molar-refractivity contribution < 1.29 is 28.7 Å². The molecule has 35 heavy (non-hydrogen) atoms. The maximum Gasteiger partial charge on any atom is 0.343 e. The van der Waals surface area contributed by atoms with Crippen LogP contribution in [0.4, 0.5) is 5.69 Å². The number of hydrogen-bond donors (Lipinski definition) is 1. The first-order valence-electron chi connectivity index (χ1n) is 10.7. The Morgan fingerprint density at radius 2 is 1.66 bits per heavy atom. The minimum atomic E-state index is -0.592. The summed E-state index contributed by atoms with van der Waals surface area (Å²) in [5.74, 6) is -0.0644. The second kappa shape index (κ2) is 12.5. The van der Waals surface area contributed by atoms with Crippen LogP contribution in [0.3, 0.4) is 0 Å². The van der Waals surface area contributed by atoms with E-state index in [0.717, 1.165) is 6.42 Å². The van der Waals surface area contributed by atoms with E-state index < -0.39 is 23.4 Å². The summed E-state index contributed by atoms with van der Waals surface area (Å²) in [5, 5.41) is 14.8. The summed E-state index contributed by atoms with van der Waals surface area (Å²) in [6.07, 6.45) is 2.29. The number of rotatable bonds is 11. The summed E-state index contributed by atoms with van der Waals surface area (Å²) in [6.45, 7) is 2.18. The molecule has 3 aromatic carbocycles. The van der Waals surface area contributed by atoms with E-state index in [-0.39, 0.29) is 11.4 Å². The molecule has 0 saturated heterocycles. The number of esters is 1. The van der Waals surface area contributed by atoms with Crippen molar-refractivity contribution >= 4 is 23.8 Å². The molecular formula is C25H23N3O7. The number of carbonyl (C=O) groups excluding carboxylic acids is 2. The smallest absolute Gasteiger partial charge is 0.343 e. The standard InChI is InChI=1S/C25H23N3O7/c1-2-15-33-20-13-9-19(10-14-20)25(30)35-21-11-7-18(8-12-21)16-26-27-24(29)17-34-23-6-4-3-5-22(23)28(31)32/h3-14,16H,2,15,17H2,1H3,(H,27,29)/b26-16-. The molecule has 0 radical (unpaired) electrons. The number of hydrogen-bond acceptors (Lipinski definition) is 8. The van der Waals surface area contributed by atoms with Crippen LogP contribution in [0, 0.1) is 10.1 Å². The average molecular weight is 477 g/mol. The number of nitro benzene ring substituents is 1. The predicted octanol–water partition coefficient (Wildman–Crippen LogP) is 4.13. The van der Waals surface area contributed by atoms with Crippen LogP contribution < -0.4 is 19.6 Å². The van der Waals surface area contributed by atoms with Crippen LogP contribution in [-0.4, -0.2) is 36.2 Å². The molecule has 0 heterocycles. The summed E-state index contributed by atoms with van der Waals surface area (Å²) in [6, 6.07) is 19.0. The van der Waals surface area contributed by atoms with Gasteiger partial charge in [-0.1, -0.05) is 19.1 Å². The van der Waals surface area contributed by atoms with E-state index in [2.05, 4.69) is 10.5 Å². The van der Waals surface area contributed by atoms with Crippen molar-refractivity contribution in [2.24, 2.45) is 5.10 Å². The highest BCUT2D eigenvalue weighted by molar-refractivity contribution is 5.91. The van der Waals surface area contributed by atoms with E-state index >= 15 is 0 Å². The lowest BCUT2D eigenvalue weighted by Crippen LogP contribution is -2.24. The minimum Gasteiger partial charge on any atom is -0.494 e. The molecule has 3 rings (SSSR count). The lowest BCUT2D eigenvalue weighted by atomic mass is 10.2. The molecule has 0 spiro atoms. The number of hydrazone groups is 1. The maximum atomic E-state index is 12.3. The minimum absolute atomic E-state index is 0.0115. The van der Waals surface area contributed by atoms with Crippen LogP contribution in [0.2, 0.25) is 0 Å². The summed E-state index contributed by atoms with van der Waals surface area (Å²) in [4.78, 5) is 34.6. The summed E-state index contributed by atoms with van der Waals surface area (Å²) in [7, 11) is 0. The van der Waals surface area contributed by atoms with Gasteiger partial charge in [0.25, 0.3) is 5.91 Å². The Morgan fingerprint density at radius 1 is 0.971 bits per heavy atom. The zero-order chi connectivity index (χ0) is 25.0. The Labute approximate surface area is 201 Å². The fourth-order valence-corrected chi connectivity index (χ4v) is 2.78. The van der Waals surface area contributed by atoms with Crippen molar-refractivity contribution in [1.82, 2.24) is 5.43 Å². The summed E-state index contributed by atoms with van der Waals surface area (Å²) < 4.78 is 16.0. The molecule has 1 amide bonds. The number of nitrogens with one attached hydrogen (secondary N) is 1. The molecule has 0 fully saturated rings. The molecule has 0 saturated carbocycles. The number of nitrogens with zero attached hydrogens (tertiary/aromatic N) is 2.